The second-order valence-corrected chi connectivity index (χ2v) is 6.47. The quantitative estimate of drug-likeness (QED) is 0.814. The maximum absolute atomic E-state index is 12.9. The van der Waals surface area contributed by atoms with Crippen LogP contribution in [-0.4, -0.2) is 26.5 Å². The van der Waals surface area contributed by atoms with Crippen molar-refractivity contribution >= 4 is 21.8 Å². The Morgan fingerprint density at radius 2 is 2.14 bits per heavy atom. The molecule has 1 unspecified atom stereocenters. The Morgan fingerprint density at radius 1 is 1.38 bits per heavy atom. The minimum atomic E-state index is 0.110. The summed E-state index contributed by atoms with van der Waals surface area (Å²) < 4.78 is 5.26. The molecule has 1 amide bonds. The molecule has 2 aromatic rings. The summed E-state index contributed by atoms with van der Waals surface area (Å²) in [6.45, 7) is 8.71. The summed E-state index contributed by atoms with van der Waals surface area (Å²) in [4.78, 5) is 14.9. The van der Waals surface area contributed by atoms with Gasteiger partial charge in [-0.2, -0.15) is 0 Å². The van der Waals surface area contributed by atoms with Crippen LogP contribution in [-0.2, 0) is 13.1 Å². The number of fused-ring (bicyclic) bond motifs is 1. The van der Waals surface area contributed by atoms with Gasteiger partial charge in [0, 0.05) is 41.7 Å². The third-order valence-corrected chi connectivity index (χ3v) is 4.81. The summed E-state index contributed by atoms with van der Waals surface area (Å²) in [7, 11) is 0. The first-order valence-corrected chi connectivity index (χ1v) is 8.15. The molecule has 1 atom stereocenters. The van der Waals surface area contributed by atoms with E-state index >= 15 is 0 Å². The molecule has 0 aliphatic carbocycles. The van der Waals surface area contributed by atoms with E-state index in [-0.39, 0.29) is 11.9 Å². The highest BCUT2D eigenvalue weighted by Crippen LogP contribution is 2.29. The fourth-order valence-corrected chi connectivity index (χ4v) is 3.62. The van der Waals surface area contributed by atoms with E-state index in [2.05, 4.69) is 53.4 Å². The van der Waals surface area contributed by atoms with Crippen LogP contribution in [0.5, 0.6) is 0 Å². The Morgan fingerprint density at radius 3 is 2.86 bits per heavy atom. The Kier molecular flexibility index (Phi) is 3.69. The van der Waals surface area contributed by atoms with E-state index in [9.17, 15) is 4.79 Å². The highest BCUT2D eigenvalue weighted by Gasteiger charge is 2.30. The van der Waals surface area contributed by atoms with E-state index in [1.54, 1.807) is 0 Å². The lowest BCUT2D eigenvalue weighted by molar-refractivity contribution is 0.0632. The average Bonchev–Trinajstić information content (AvgIpc) is 3.03. The molecule has 0 saturated heterocycles. The van der Waals surface area contributed by atoms with Crippen molar-refractivity contribution in [3.8, 4) is 0 Å². The molecule has 3 rings (SSSR count). The molecule has 0 fully saturated rings. The van der Waals surface area contributed by atoms with Gasteiger partial charge in [0.05, 0.1) is 6.04 Å². The highest BCUT2D eigenvalue weighted by atomic mass is 79.9. The first-order chi connectivity index (χ1) is 10.0. The standard InChI is InChI=1S/C16H20BrN3O/c1-4-18-10-13(17)9-15(18)16(21)20-8-7-19-11(2)5-6-14(19)12(20)3/h5-6,9-10,12H,4,7-8H2,1-3H3. The summed E-state index contributed by atoms with van der Waals surface area (Å²) in [5.41, 5.74) is 3.25. The molecule has 21 heavy (non-hydrogen) atoms. The molecule has 2 aromatic heterocycles. The number of carbonyl (C=O) groups is 1. The molecule has 0 radical (unpaired) electrons. The minimum absolute atomic E-state index is 0.110. The van der Waals surface area contributed by atoms with Crippen molar-refractivity contribution < 1.29 is 4.79 Å². The molecule has 0 aromatic carbocycles. The van der Waals surface area contributed by atoms with E-state index in [0.717, 1.165) is 29.8 Å². The highest BCUT2D eigenvalue weighted by molar-refractivity contribution is 9.10. The van der Waals surface area contributed by atoms with E-state index in [1.165, 1.54) is 11.4 Å². The molecule has 4 nitrogen and oxygen atoms in total. The minimum Gasteiger partial charge on any atom is -0.345 e. The van der Waals surface area contributed by atoms with Crippen LogP contribution in [0.25, 0.3) is 0 Å². The lowest BCUT2D eigenvalue weighted by atomic mass is 10.1. The molecule has 0 spiro atoms. The molecule has 3 heterocycles. The maximum Gasteiger partial charge on any atom is 0.271 e. The first-order valence-electron chi connectivity index (χ1n) is 7.35. The second kappa shape index (κ2) is 5.37. The van der Waals surface area contributed by atoms with Gasteiger partial charge in [-0.1, -0.05) is 0 Å². The largest absolute Gasteiger partial charge is 0.345 e. The number of halogens is 1. The van der Waals surface area contributed by atoms with Gasteiger partial charge in [-0.3, -0.25) is 4.79 Å². The van der Waals surface area contributed by atoms with E-state index in [1.807, 2.05) is 21.7 Å². The van der Waals surface area contributed by atoms with Gasteiger partial charge in [0.1, 0.15) is 5.69 Å². The summed E-state index contributed by atoms with van der Waals surface area (Å²) >= 11 is 3.46. The molecule has 0 saturated carbocycles. The van der Waals surface area contributed by atoms with Crippen LogP contribution in [0.4, 0.5) is 0 Å². The molecule has 0 bridgehead atoms. The number of hydrogen-bond donors (Lipinski definition) is 0. The summed E-state index contributed by atoms with van der Waals surface area (Å²) in [6.07, 6.45) is 1.97. The van der Waals surface area contributed by atoms with E-state index in [0.29, 0.717) is 0 Å². The van der Waals surface area contributed by atoms with Crippen molar-refractivity contribution in [2.24, 2.45) is 0 Å². The Labute approximate surface area is 133 Å². The molecule has 112 valence electrons. The van der Waals surface area contributed by atoms with Crippen LogP contribution in [0.2, 0.25) is 0 Å². The monoisotopic (exact) mass is 349 g/mol. The number of carbonyl (C=O) groups excluding carboxylic acids is 1. The van der Waals surface area contributed by atoms with Crippen LogP contribution in [0, 0.1) is 6.92 Å². The predicted octanol–water partition coefficient (Wildman–Crippen LogP) is 3.60. The predicted molar refractivity (Wildman–Crippen MR) is 86.4 cm³/mol. The van der Waals surface area contributed by atoms with Crippen molar-refractivity contribution in [2.45, 2.75) is 39.9 Å². The van der Waals surface area contributed by atoms with Gasteiger partial charge < -0.3 is 14.0 Å². The molecular weight excluding hydrogens is 330 g/mol. The summed E-state index contributed by atoms with van der Waals surface area (Å²) in [6, 6.07) is 6.29. The van der Waals surface area contributed by atoms with Gasteiger partial charge in [0.15, 0.2) is 0 Å². The normalized spacial score (nSPS) is 17.9. The van der Waals surface area contributed by atoms with Crippen molar-refractivity contribution in [3.63, 3.8) is 0 Å². The van der Waals surface area contributed by atoms with Gasteiger partial charge >= 0.3 is 0 Å². The second-order valence-electron chi connectivity index (χ2n) is 5.56. The Hall–Kier alpha value is -1.49. The van der Waals surface area contributed by atoms with Gasteiger partial charge in [0.2, 0.25) is 0 Å². The molecular formula is C16H20BrN3O. The number of aromatic nitrogens is 2. The number of rotatable bonds is 2. The van der Waals surface area contributed by atoms with Crippen LogP contribution in [0.1, 0.15) is 41.8 Å². The average molecular weight is 350 g/mol. The topological polar surface area (TPSA) is 30.2 Å². The SMILES string of the molecule is CCn1cc(Br)cc1C(=O)N1CCn2c(C)ccc2C1C. The lowest BCUT2D eigenvalue weighted by Gasteiger charge is -2.35. The fourth-order valence-electron chi connectivity index (χ4n) is 3.16. The van der Waals surface area contributed by atoms with E-state index in [4.69, 9.17) is 0 Å². The summed E-state index contributed by atoms with van der Waals surface area (Å²) in [5, 5.41) is 0. The Balaban J connectivity index is 1.92. The Bertz CT molecular complexity index is 686. The zero-order chi connectivity index (χ0) is 15.1. The number of amides is 1. The zero-order valence-corrected chi connectivity index (χ0v) is 14.2. The van der Waals surface area contributed by atoms with Crippen LogP contribution in [0.15, 0.2) is 28.9 Å². The van der Waals surface area contributed by atoms with Crippen molar-refractivity contribution in [3.05, 3.63) is 46.0 Å². The van der Waals surface area contributed by atoms with Crippen LogP contribution >= 0.6 is 15.9 Å². The third kappa shape index (κ3) is 2.33. The van der Waals surface area contributed by atoms with Gasteiger partial charge in [0.25, 0.3) is 5.91 Å². The zero-order valence-electron chi connectivity index (χ0n) is 12.6. The van der Waals surface area contributed by atoms with E-state index < -0.39 is 0 Å². The molecule has 0 N–H and O–H groups in total. The molecule has 1 aliphatic rings. The number of hydrogen-bond acceptors (Lipinski definition) is 1. The van der Waals surface area contributed by atoms with Gasteiger partial charge in [-0.05, 0) is 54.9 Å². The number of aryl methyl sites for hydroxylation is 2. The van der Waals surface area contributed by atoms with Gasteiger partial charge in [-0.15, -0.1) is 0 Å². The molecule has 1 aliphatic heterocycles. The van der Waals surface area contributed by atoms with Crippen molar-refractivity contribution in [1.82, 2.24) is 14.0 Å². The fraction of sp³-hybridized carbons (Fsp3) is 0.438. The van der Waals surface area contributed by atoms with Crippen LogP contribution < -0.4 is 0 Å². The van der Waals surface area contributed by atoms with Gasteiger partial charge in [-0.25, -0.2) is 0 Å². The van der Waals surface area contributed by atoms with Crippen molar-refractivity contribution in [1.29, 1.82) is 0 Å². The van der Waals surface area contributed by atoms with Crippen molar-refractivity contribution in [2.75, 3.05) is 6.54 Å². The maximum atomic E-state index is 12.9. The van der Waals surface area contributed by atoms with Crippen LogP contribution in [0.3, 0.4) is 0 Å². The summed E-state index contributed by atoms with van der Waals surface area (Å²) in [5.74, 6) is 0.111. The smallest absolute Gasteiger partial charge is 0.271 e. The lowest BCUT2D eigenvalue weighted by Crippen LogP contribution is -2.41. The number of nitrogens with zero attached hydrogens (tertiary/aromatic N) is 3. The third-order valence-electron chi connectivity index (χ3n) is 4.38. The molecule has 5 heteroatoms. The first kappa shape index (κ1) is 14.4.